The van der Waals surface area contributed by atoms with Crippen LogP contribution in [0.1, 0.15) is 44.6 Å². The number of nitrogens with two attached hydrogens (primary N) is 1. The fourth-order valence-electron chi connectivity index (χ4n) is 2.99. The van der Waals surface area contributed by atoms with E-state index in [0.29, 0.717) is 24.8 Å². The minimum Gasteiger partial charge on any atom is -0.352 e. The molecule has 0 aromatic heterocycles. The minimum atomic E-state index is -0.514. The minimum absolute atomic E-state index is 0.162. The van der Waals surface area contributed by atoms with Crippen LogP contribution in [-0.4, -0.2) is 25.0 Å². The molecule has 3 N–H and O–H groups in total. The Labute approximate surface area is 131 Å². The number of unbranched alkanes of at least 4 members (excludes halogenated alkanes) is 1. The first-order valence-corrected chi connectivity index (χ1v) is 7.93. The lowest BCUT2D eigenvalue weighted by molar-refractivity contribution is -0.118. The topological polar surface area (TPSA) is 75.4 Å². The van der Waals surface area contributed by atoms with Crippen LogP contribution < -0.4 is 16.0 Å². The van der Waals surface area contributed by atoms with Crippen molar-refractivity contribution in [1.82, 2.24) is 5.32 Å². The Balaban J connectivity index is 1.92. The van der Waals surface area contributed by atoms with Gasteiger partial charge in [0.1, 0.15) is 0 Å². The van der Waals surface area contributed by atoms with E-state index in [2.05, 4.69) is 25.2 Å². The van der Waals surface area contributed by atoms with Gasteiger partial charge >= 0.3 is 6.03 Å². The van der Waals surface area contributed by atoms with Gasteiger partial charge in [-0.25, -0.2) is 4.79 Å². The zero-order chi connectivity index (χ0) is 16.1. The Morgan fingerprint density at radius 2 is 2.05 bits per heavy atom. The summed E-state index contributed by atoms with van der Waals surface area (Å²) in [6.45, 7) is 5.69. The van der Waals surface area contributed by atoms with Gasteiger partial charge in [-0.05, 0) is 30.4 Å². The molecule has 0 fully saturated rings. The predicted molar refractivity (Wildman–Crippen MR) is 87.8 cm³/mol. The maximum Gasteiger partial charge on any atom is 0.312 e. The molecule has 0 aliphatic carbocycles. The van der Waals surface area contributed by atoms with E-state index in [9.17, 15) is 9.59 Å². The highest BCUT2D eigenvalue weighted by molar-refractivity contribution is 5.95. The lowest BCUT2D eigenvalue weighted by Crippen LogP contribution is -2.31. The average molecular weight is 303 g/mol. The molecule has 5 heteroatoms. The smallest absolute Gasteiger partial charge is 0.312 e. The molecule has 1 atom stereocenters. The van der Waals surface area contributed by atoms with Crippen molar-refractivity contribution in [2.45, 2.75) is 39.0 Å². The second kappa shape index (κ2) is 7.29. The Bertz CT molecular complexity index is 542. The molecule has 0 saturated carbocycles. The van der Waals surface area contributed by atoms with Crippen molar-refractivity contribution in [3.8, 4) is 0 Å². The molecule has 1 aliphatic rings. The van der Waals surface area contributed by atoms with Crippen molar-refractivity contribution in [3.63, 3.8) is 0 Å². The number of benzene rings is 1. The van der Waals surface area contributed by atoms with Crippen LogP contribution in [0.4, 0.5) is 10.5 Å². The lowest BCUT2D eigenvalue weighted by atomic mass is 9.90. The van der Waals surface area contributed by atoms with Crippen LogP contribution in [0.15, 0.2) is 24.3 Å². The number of fused-ring (bicyclic) bond motifs is 1. The molecule has 2 rings (SSSR count). The summed E-state index contributed by atoms with van der Waals surface area (Å²) in [5, 5.41) is 2.54. The monoisotopic (exact) mass is 303 g/mol. The molecule has 1 aliphatic heterocycles. The summed E-state index contributed by atoms with van der Waals surface area (Å²) in [6.07, 6.45) is 2.02. The van der Waals surface area contributed by atoms with Gasteiger partial charge in [0, 0.05) is 31.1 Å². The van der Waals surface area contributed by atoms with E-state index in [4.69, 9.17) is 5.73 Å². The number of rotatable bonds is 6. The predicted octanol–water partition coefficient (Wildman–Crippen LogP) is 2.61. The van der Waals surface area contributed by atoms with Crippen LogP contribution >= 0.6 is 0 Å². The number of para-hydroxylation sites is 1. The van der Waals surface area contributed by atoms with E-state index in [1.54, 1.807) is 0 Å². The van der Waals surface area contributed by atoms with Crippen molar-refractivity contribution >= 4 is 17.6 Å². The molecule has 120 valence electrons. The Hall–Kier alpha value is -2.04. The normalized spacial score (nSPS) is 16.7. The van der Waals surface area contributed by atoms with Crippen LogP contribution in [0.5, 0.6) is 0 Å². The lowest BCUT2D eigenvalue weighted by Gasteiger charge is -2.19. The third-order valence-corrected chi connectivity index (χ3v) is 4.23. The molecule has 0 unspecified atom stereocenters. The fourth-order valence-corrected chi connectivity index (χ4v) is 2.99. The first-order valence-electron chi connectivity index (χ1n) is 7.93. The van der Waals surface area contributed by atoms with Gasteiger partial charge in [-0.1, -0.05) is 32.0 Å². The maximum atomic E-state index is 12.5. The van der Waals surface area contributed by atoms with E-state index in [-0.39, 0.29) is 5.91 Å². The summed E-state index contributed by atoms with van der Waals surface area (Å²) < 4.78 is 0. The van der Waals surface area contributed by atoms with Crippen molar-refractivity contribution in [2.24, 2.45) is 11.7 Å². The molecule has 3 amide bonds. The third kappa shape index (κ3) is 3.78. The Kier molecular flexibility index (Phi) is 5.41. The SMILES string of the molecule is CC(C)[C@@H]1CN(C(=O)CCCCNC(N)=O)c2ccccc21. The highest BCUT2D eigenvalue weighted by Crippen LogP contribution is 2.40. The fraction of sp³-hybridized carbons (Fsp3) is 0.529. The van der Waals surface area contributed by atoms with Crippen molar-refractivity contribution in [1.29, 1.82) is 0 Å². The van der Waals surface area contributed by atoms with Gasteiger partial charge in [0.2, 0.25) is 5.91 Å². The number of amides is 3. The van der Waals surface area contributed by atoms with E-state index in [1.807, 2.05) is 23.1 Å². The quantitative estimate of drug-likeness (QED) is 0.793. The van der Waals surface area contributed by atoms with E-state index in [1.165, 1.54) is 5.56 Å². The Morgan fingerprint density at radius 3 is 2.73 bits per heavy atom. The van der Waals surface area contributed by atoms with Crippen molar-refractivity contribution in [2.75, 3.05) is 18.0 Å². The van der Waals surface area contributed by atoms with Crippen LogP contribution in [0.25, 0.3) is 0 Å². The van der Waals surface area contributed by atoms with Crippen LogP contribution in [0, 0.1) is 5.92 Å². The highest BCUT2D eigenvalue weighted by Gasteiger charge is 2.33. The van der Waals surface area contributed by atoms with E-state index in [0.717, 1.165) is 25.1 Å². The molecule has 0 spiro atoms. The van der Waals surface area contributed by atoms with Gasteiger partial charge in [0.25, 0.3) is 0 Å². The standard InChI is InChI=1S/C17H25N3O2/c1-12(2)14-11-20(15-8-4-3-7-13(14)15)16(21)9-5-6-10-19-17(18)22/h3-4,7-8,12,14H,5-6,9-11H2,1-2H3,(H3,18,19,22)/t14-/m0/s1. The van der Waals surface area contributed by atoms with E-state index >= 15 is 0 Å². The van der Waals surface area contributed by atoms with Crippen LogP contribution in [0.3, 0.4) is 0 Å². The Morgan fingerprint density at radius 1 is 1.32 bits per heavy atom. The largest absolute Gasteiger partial charge is 0.352 e. The average Bonchev–Trinajstić information content (AvgIpc) is 2.86. The maximum absolute atomic E-state index is 12.5. The van der Waals surface area contributed by atoms with Crippen molar-refractivity contribution < 1.29 is 9.59 Å². The molecular formula is C17H25N3O2. The number of nitrogens with zero attached hydrogens (tertiary/aromatic N) is 1. The molecule has 0 saturated heterocycles. The molecule has 0 radical (unpaired) electrons. The molecular weight excluding hydrogens is 278 g/mol. The molecule has 0 bridgehead atoms. The van der Waals surface area contributed by atoms with Crippen LogP contribution in [-0.2, 0) is 4.79 Å². The number of urea groups is 1. The summed E-state index contributed by atoms with van der Waals surface area (Å²) >= 11 is 0. The second-order valence-corrected chi connectivity index (χ2v) is 6.16. The number of carbonyl (C=O) groups is 2. The first-order chi connectivity index (χ1) is 10.5. The van der Waals surface area contributed by atoms with Gasteiger partial charge in [-0.15, -0.1) is 0 Å². The first kappa shape index (κ1) is 16.3. The summed E-state index contributed by atoms with van der Waals surface area (Å²) in [7, 11) is 0. The third-order valence-electron chi connectivity index (χ3n) is 4.23. The van der Waals surface area contributed by atoms with Gasteiger partial charge in [0.05, 0.1) is 0 Å². The summed E-state index contributed by atoms with van der Waals surface area (Å²) in [5.41, 5.74) is 7.34. The highest BCUT2D eigenvalue weighted by atomic mass is 16.2. The summed E-state index contributed by atoms with van der Waals surface area (Å²) in [6, 6.07) is 7.67. The molecule has 5 nitrogen and oxygen atoms in total. The number of carbonyl (C=O) groups excluding carboxylic acids is 2. The zero-order valence-corrected chi connectivity index (χ0v) is 13.3. The van der Waals surface area contributed by atoms with Crippen LogP contribution in [0.2, 0.25) is 0 Å². The molecule has 22 heavy (non-hydrogen) atoms. The van der Waals surface area contributed by atoms with Gasteiger partial charge in [-0.3, -0.25) is 4.79 Å². The number of nitrogens with one attached hydrogen (secondary N) is 1. The van der Waals surface area contributed by atoms with Gasteiger partial charge in [-0.2, -0.15) is 0 Å². The molecule has 1 aromatic carbocycles. The van der Waals surface area contributed by atoms with E-state index < -0.39 is 6.03 Å². The summed E-state index contributed by atoms with van der Waals surface area (Å²) in [5.74, 6) is 1.09. The van der Waals surface area contributed by atoms with Gasteiger partial charge in [0.15, 0.2) is 0 Å². The van der Waals surface area contributed by atoms with Crippen molar-refractivity contribution in [3.05, 3.63) is 29.8 Å². The summed E-state index contributed by atoms with van der Waals surface area (Å²) in [4.78, 5) is 25.0. The number of hydrogen-bond donors (Lipinski definition) is 2. The number of anilines is 1. The zero-order valence-electron chi connectivity index (χ0n) is 13.3. The molecule has 1 heterocycles. The number of primary amides is 1. The number of hydrogen-bond acceptors (Lipinski definition) is 2. The molecule has 1 aromatic rings. The van der Waals surface area contributed by atoms with Gasteiger partial charge < -0.3 is 16.0 Å². The second-order valence-electron chi connectivity index (χ2n) is 6.16.